The van der Waals surface area contributed by atoms with Crippen molar-refractivity contribution in [2.45, 2.75) is 0 Å². The van der Waals surface area contributed by atoms with Crippen LogP contribution < -0.4 is 14.4 Å². The van der Waals surface area contributed by atoms with Crippen LogP contribution in [0.5, 0.6) is 11.5 Å². The van der Waals surface area contributed by atoms with E-state index in [9.17, 15) is 4.79 Å². The van der Waals surface area contributed by atoms with Gasteiger partial charge in [-0.3, -0.25) is 4.79 Å². The molecule has 1 aliphatic heterocycles. The summed E-state index contributed by atoms with van der Waals surface area (Å²) in [5, 5.41) is 0. The Morgan fingerprint density at radius 1 is 0.923 bits per heavy atom. The number of piperazine rings is 1. The number of rotatable bonds is 5. The first-order valence-corrected chi connectivity index (χ1v) is 8.70. The largest absolute Gasteiger partial charge is 0.493 e. The van der Waals surface area contributed by atoms with Crippen LogP contribution in [0, 0.1) is 0 Å². The maximum atomic E-state index is 12.5. The number of anilines is 1. The van der Waals surface area contributed by atoms with Gasteiger partial charge in [-0.2, -0.15) is 0 Å². The summed E-state index contributed by atoms with van der Waals surface area (Å²) in [6.07, 6.45) is 3.44. The Hall–Kier alpha value is -2.95. The van der Waals surface area contributed by atoms with Gasteiger partial charge in [0.15, 0.2) is 11.5 Å². The van der Waals surface area contributed by atoms with Crippen LogP contribution in [-0.2, 0) is 4.79 Å². The summed E-state index contributed by atoms with van der Waals surface area (Å²) in [7, 11) is 3.20. The van der Waals surface area contributed by atoms with E-state index >= 15 is 0 Å². The van der Waals surface area contributed by atoms with Crippen molar-refractivity contribution in [1.29, 1.82) is 0 Å². The molecule has 0 aliphatic carbocycles. The number of hydrogen-bond acceptors (Lipinski definition) is 4. The minimum atomic E-state index is 0.0347. The summed E-state index contributed by atoms with van der Waals surface area (Å²) >= 11 is 0. The van der Waals surface area contributed by atoms with Gasteiger partial charge in [-0.25, -0.2) is 0 Å². The Morgan fingerprint density at radius 2 is 1.62 bits per heavy atom. The highest BCUT2D eigenvalue weighted by Crippen LogP contribution is 2.28. The molecule has 1 fully saturated rings. The molecule has 2 aromatic carbocycles. The Kier molecular flexibility index (Phi) is 5.79. The molecule has 5 nitrogen and oxygen atoms in total. The quantitative estimate of drug-likeness (QED) is 0.776. The van der Waals surface area contributed by atoms with E-state index in [1.165, 1.54) is 5.69 Å². The molecule has 136 valence electrons. The summed E-state index contributed by atoms with van der Waals surface area (Å²) in [6.45, 7) is 3.15. The third kappa shape index (κ3) is 4.17. The zero-order chi connectivity index (χ0) is 18.4. The summed E-state index contributed by atoms with van der Waals surface area (Å²) in [5.41, 5.74) is 2.11. The van der Waals surface area contributed by atoms with E-state index < -0.39 is 0 Å². The fourth-order valence-corrected chi connectivity index (χ4v) is 3.05. The van der Waals surface area contributed by atoms with E-state index in [4.69, 9.17) is 9.47 Å². The maximum Gasteiger partial charge on any atom is 0.246 e. The number of hydrogen-bond donors (Lipinski definition) is 0. The van der Waals surface area contributed by atoms with Crippen LogP contribution in [0.3, 0.4) is 0 Å². The predicted molar refractivity (Wildman–Crippen MR) is 104 cm³/mol. The lowest BCUT2D eigenvalue weighted by atomic mass is 10.1. The summed E-state index contributed by atoms with van der Waals surface area (Å²) in [6, 6.07) is 15.9. The molecule has 5 heteroatoms. The minimum absolute atomic E-state index is 0.0347. The number of carbonyl (C=O) groups is 1. The average Bonchev–Trinajstić information content (AvgIpc) is 2.72. The molecule has 0 bridgehead atoms. The molecule has 2 aromatic rings. The van der Waals surface area contributed by atoms with Crippen LogP contribution in [0.2, 0.25) is 0 Å². The van der Waals surface area contributed by atoms with E-state index in [0.29, 0.717) is 11.5 Å². The minimum Gasteiger partial charge on any atom is -0.493 e. The van der Waals surface area contributed by atoms with Crippen molar-refractivity contribution in [3.05, 3.63) is 60.2 Å². The standard InChI is InChI=1S/C21H24N2O3/c1-25-19-10-8-17(16-20(19)26-2)9-11-21(24)23-14-12-22(13-15-23)18-6-4-3-5-7-18/h3-11,16H,12-15H2,1-2H3. The zero-order valence-electron chi connectivity index (χ0n) is 15.2. The number of para-hydroxylation sites is 1. The number of benzene rings is 2. The lowest BCUT2D eigenvalue weighted by Crippen LogP contribution is -2.48. The van der Waals surface area contributed by atoms with Gasteiger partial charge in [0.25, 0.3) is 0 Å². The molecule has 1 heterocycles. The molecule has 0 N–H and O–H groups in total. The smallest absolute Gasteiger partial charge is 0.246 e. The van der Waals surface area contributed by atoms with Crippen molar-refractivity contribution in [2.75, 3.05) is 45.3 Å². The molecule has 0 atom stereocenters. The molecule has 0 unspecified atom stereocenters. The molecular weight excluding hydrogens is 328 g/mol. The normalized spacial score (nSPS) is 14.5. The van der Waals surface area contributed by atoms with Crippen LogP contribution in [-0.4, -0.2) is 51.2 Å². The second-order valence-corrected chi connectivity index (χ2v) is 6.10. The number of amides is 1. The molecule has 0 aromatic heterocycles. The molecule has 26 heavy (non-hydrogen) atoms. The number of methoxy groups -OCH3 is 2. The Balaban J connectivity index is 1.58. The van der Waals surface area contributed by atoms with Crippen LogP contribution in [0.1, 0.15) is 5.56 Å². The first-order chi connectivity index (χ1) is 12.7. The molecule has 1 amide bonds. The van der Waals surface area contributed by atoms with E-state index in [1.54, 1.807) is 20.3 Å². The molecule has 0 saturated carbocycles. The fraction of sp³-hybridized carbons (Fsp3) is 0.286. The number of ether oxygens (including phenoxy) is 2. The first-order valence-electron chi connectivity index (χ1n) is 8.70. The average molecular weight is 352 g/mol. The second kappa shape index (κ2) is 8.43. The van der Waals surface area contributed by atoms with Crippen molar-refractivity contribution >= 4 is 17.7 Å². The molecule has 1 saturated heterocycles. The van der Waals surface area contributed by atoms with Gasteiger partial charge in [0, 0.05) is 37.9 Å². The van der Waals surface area contributed by atoms with Gasteiger partial charge in [0.05, 0.1) is 14.2 Å². The molecule has 1 aliphatic rings. The third-order valence-corrected chi connectivity index (χ3v) is 4.54. The Labute approximate surface area is 154 Å². The molecule has 0 spiro atoms. The third-order valence-electron chi connectivity index (χ3n) is 4.54. The maximum absolute atomic E-state index is 12.5. The molecule has 3 rings (SSSR count). The van der Waals surface area contributed by atoms with E-state index in [0.717, 1.165) is 31.7 Å². The fourth-order valence-electron chi connectivity index (χ4n) is 3.05. The zero-order valence-corrected chi connectivity index (χ0v) is 15.2. The highest BCUT2D eigenvalue weighted by atomic mass is 16.5. The van der Waals surface area contributed by atoms with Crippen LogP contribution in [0.15, 0.2) is 54.6 Å². The first kappa shape index (κ1) is 17.9. The predicted octanol–water partition coefficient (Wildman–Crippen LogP) is 3.07. The van der Waals surface area contributed by atoms with Crippen molar-refractivity contribution in [3.8, 4) is 11.5 Å². The van der Waals surface area contributed by atoms with Gasteiger partial charge >= 0.3 is 0 Å². The Bertz CT molecular complexity index is 766. The van der Waals surface area contributed by atoms with Gasteiger partial charge in [-0.1, -0.05) is 24.3 Å². The monoisotopic (exact) mass is 352 g/mol. The highest BCUT2D eigenvalue weighted by molar-refractivity contribution is 5.92. The number of carbonyl (C=O) groups excluding carboxylic acids is 1. The summed E-state index contributed by atoms with van der Waals surface area (Å²) in [5.74, 6) is 1.36. The van der Waals surface area contributed by atoms with Crippen molar-refractivity contribution in [3.63, 3.8) is 0 Å². The highest BCUT2D eigenvalue weighted by Gasteiger charge is 2.19. The molecular formula is C21H24N2O3. The van der Waals surface area contributed by atoms with Crippen molar-refractivity contribution in [1.82, 2.24) is 4.90 Å². The van der Waals surface area contributed by atoms with Crippen molar-refractivity contribution < 1.29 is 14.3 Å². The van der Waals surface area contributed by atoms with Crippen molar-refractivity contribution in [2.24, 2.45) is 0 Å². The SMILES string of the molecule is COc1ccc(C=CC(=O)N2CCN(c3ccccc3)CC2)cc1OC. The lowest BCUT2D eigenvalue weighted by Gasteiger charge is -2.35. The van der Waals surface area contributed by atoms with E-state index in [2.05, 4.69) is 17.0 Å². The van der Waals surface area contributed by atoms with E-state index in [-0.39, 0.29) is 5.91 Å². The summed E-state index contributed by atoms with van der Waals surface area (Å²) < 4.78 is 10.5. The second-order valence-electron chi connectivity index (χ2n) is 6.10. The van der Waals surface area contributed by atoms with Crippen LogP contribution in [0.25, 0.3) is 6.08 Å². The summed E-state index contributed by atoms with van der Waals surface area (Å²) in [4.78, 5) is 16.6. The lowest BCUT2D eigenvalue weighted by molar-refractivity contribution is -0.126. The van der Waals surface area contributed by atoms with E-state index in [1.807, 2.05) is 47.4 Å². The van der Waals surface area contributed by atoms with Gasteiger partial charge < -0.3 is 19.3 Å². The van der Waals surface area contributed by atoms with Gasteiger partial charge in [-0.05, 0) is 35.9 Å². The topological polar surface area (TPSA) is 42.0 Å². The van der Waals surface area contributed by atoms with Gasteiger partial charge in [0.1, 0.15) is 0 Å². The van der Waals surface area contributed by atoms with Gasteiger partial charge in [-0.15, -0.1) is 0 Å². The Morgan fingerprint density at radius 3 is 2.27 bits per heavy atom. The van der Waals surface area contributed by atoms with Crippen LogP contribution in [0.4, 0.5) is 5.69 Å². The van der Waals surface area contributed by atoms with Crippen LogP contribution >= 0.6 is 0 Å². The number of nitrogens with zero attached hydrogens (tertiary/aromatic N) is 2. The van der Waals surface area contributed by atoms with Gasteiger partial charge in [0.2, 0.25) is 5.91 Å². The molecule has 0 radical (unpaired) electrons.